The van der Waals surface area contributed by atoms with E-state index < -0.39 is 0 Å². The first-order valence-corrected chi connectivity index (χ1v) is 7.21. The van der Waals surface area contributed by atoms with Crippen molar-refractivity contribution in [1.82, 2.24) is 10.6 Å². The van der Waals surface area contributed by atoms with Crippen molar-refractivity contribution < 1.29 is 19.1 Å². The van der Waals surface area contributed by atoms with E-state index in [1.54, 1.807) is 18.2 Å². The van der Waals surface area contributed by atoms with Crippen molar-refractivity contribution in [2.24, 2.45) is 0 Å². The number of hydrogen-bond donors (Lipinski definition) is 2. The van der Waals surface area contributed by atoms with Gasteiger partial charge in [-0.3, -0.25) is 9.59 Å². The Morgan fingerprint density at radius 3 is 2.35 bits per heavy atom. The Hall–Kier alpha value is -1.79. The van der Waals surface area contributed by atoms with Gasteiger partial charge in [-0.2, -0.15) is 0 Å². The first kappa shape index (κ1) is 21.2. The van der Waals surface area contributed by atoms with E-state index in [4.69, 9.17) is 9.47 Å². The van der Waals surface area contributed by atoms with Crippen molar-refractivity contribution in [3.63, 3.8) is 0 Å². The lowest BCUT2D eigenvalue weighted by molar-refractivity contribution is -0.121. The van der Waals surface area contributed by atoms with Crippen LogP contribution >= 0.6 is 12.4 Å². The Balaban J connectivity index is 0.00000484. The van der Waals surface area contributed by atoms with Gasteiger partial charge in [-0.1, -0.05) is 0 Å². The quantitative estimate of drug-likeness (QED) is 0.668. The summed E-state index contributed by atoms with van der Waals surface area (Å²) in [7, 11) is 4.88. The number of halogens is 1. The zero-order valence-electron chi connectivity index (χ0n) is 14.0. The number of likely N-dealkylation sites (N-methyl/N-ethyl adjacent to an activating group) is 1. The van der Waals surface area contributed by atoms with Crippen LogP contribution in [0.1, 0.15) is 30.1 Å². The lowest BCUT2D eigenvalue weighted by atomic mass is 10.1. The van der Waals surface area contributed by atoms with Crippen LogP contribution in [0.3, 0.4) is 0 Å². The van der Waals surface area contributed by atoms with E-state index in [1.165, 1.54) is 14.2 Å². The van der Waals surface area contributed by atoms with E-state index in [0.717, 1.165) is 0 Å². The molecule has 0 saturated carbocycles. The summed E-state index contributed by atoms with van der Waals surface area (Å²) in [5.41, 5.74) is 0.508. The van der Waals surface area contributed by atoms with Gasteiger partial charge in [-0.15, -0.1) is 12.4 Å². The summed E-state index contributed by atoms with van der Waals surface area (Å²) in [6.45, 7) is 2.51. The zero-order valence-corrected chi connectivity index (χ0v) is 14.8. The van der Waals surface area contributed by atoms with Crippen LogP contribution < -0.4 is 20.1 Å². The number of carbonyl (C=O) groups is 2. The van der Waals surface area contributed by atoms with E-state index in [-0.39, 0.29) is 43.0 Å². The Morgan fingerprint density at radius 1 is 1.13 bits per heavy atom. The van der Waals surface area contributed by atoms with Crippen LogP contribution in [0.2, 0.25) is 0 Å². The van der Waals surface area contributed by atoms with Crippen molar-refractivity contribution in [2.45, 2.75) is 25.8 Å². The largest absolute Gasteiger partial charge is 0.493 e. The maximum Gasteiger partial charge on any atom is 0.220 e. The fraction of sp³-hybridized carbons (Fsp3) is 0.500. The molecule has 130 valence electrons. The molecule has 1 aromatic carbocycles. The fourth-order valence-electron chi connectivity index (χ4n) is 1.84. The highest BCUT2D eigenvalue weighted by atomic mass is 35.5. The molecular formula is C16H25ClN2O4. The molecule has 0 aliphatic carbocycles. The molecule has 7 heteroatoms. The molecule has 1 unspecified atom stereocenters. The second kappa shape index (κ2) is 10.9. The van der Waals surface area contributed by atoms with Gasteiger partial charge in [0.1, 0.15) is 0 Å². The normalized spacial score (nSPS) is 11.1. The molecule has 6 nitrogen and oxygen atoms in total. The number of benzene rings is 1. The smallest absolute Gasteiger partial charge is 0.220 e. The number of carbonyl (C=O) groups excluding carboxylic acids is 2. The van der Waals surface area contributed by atoms with Crippen molar-refractivity contribution in [3.8, 4) is 11.5 Å². The van der Waals surface area contributed by atoms with Gasteiger partial charge >= 0.3 is 0 Å². The number of hydrogen-bond acceptors (Lipinski definition) is 5. The summed E-state index contributed by atoms with van der Waals surface area (Å²) < 4.78 is 10.3. The molecule has 0 heterocycles. The van der Waals surface area contributed by atoms with Crippen LogP contribution in [0.5, 0.6) is 11.5 Å². The Bertz CT molecular complexity index is 523. The molecule has 1 amide bonds. The number of rotatable bonds is 9. The summed E-state index contributed by atoms with van der Waals surface area (Å²) in [4.78, 5) is 23.8. The van der Waals surface area contributed by atoms with Gasteiger partial charge < -0.3 is 20.1 Å². The molecule has 0 aliphatic heterocycles. The molecule has 0 saturated heterocycles. The molecule has 1 rings (SSSR count). The van der Waals surface area contributed by atoms with Gasteiger partial charge in [0, 0.05) is 31.0 Å². The van der Waals surface area contributed by atoms with Crippen LogP contribution in [-0.4, -0.2) is 45.5 Å². The summed E-state index contributed by atoms with van der Waals surface area (Å²) in [5.74, 6) is 0.840. The predicted octanol–water partition coefficient (Wildman–Crippen LogP) is 1.81. The molecule has 0 spiro atoms. The standard InChI is InChI=1S/C16H24N2O4.ClH/c1-11(17-2)10-18-16(20)8-6-13(19)12-5-7-14(21-3)15(9-12)22-4;/h5,7,9,11,17H,6,8,10H2,1-4H3,(H,18,20);1H. The fourth-order valence-corrected chi connectivity index (χ4v) is 1.84. The Morgan fingerprint density at radius 2 is 1.78 bits per heavy atom. The number of amides is 1. The topological polar surface area (TPSA) is 76.7 Å². The van der Waals surface area contributed by atoms with Crippen LogP contribution in [0.25, 0.3) is 0 Å². The lowest BCUT2D eigenvalue weighted by Crippen LogP contribution is -2.37. The second-order valence-corrected chi connectivity index (χ2v) is 4.99. The predicted molar refractivity (Wildman–Crippen MR) is 91.9 cm³/mol. The average molecular weight is 345 g/mol. The highest BCUT2D eigenvalue weighted by Crippen LogP contribution is 2.28. The molecule has 0 radical (unpaired) electrons. The molecule has 2 N–H and O–H groups in total. The van der Waals surface area contributed by atoms with Crippen LogP contribution in [-0.2, 0) is 4.79 Å². The molecule has 1 aromatic rings. The van der Waals surface area contributed by atoms with Crippen LogP contribution in [0, 0.1) is 0 Å². The monoisotopic (exact) mass is 344 g/mol. The van der Waals surface area contributed by atoms with Crippen molar-refractivity contribution in [3.05, 3.63) is 23.8 Å². The third kappa shape index (κ3) is 6.88. The van der Waals surface area contributed by atoms with Gasteiger partial charge in [-0.25, -0.2) is 0 Å². The first-order chi connectivity index (χ1) is 10.5. The van der Waals surface area contributed by atoms with E-state index >= 15 is 0 Å². The van der Waals surface area contributed by atoms with Crippen LogP contribution in [0.15, 0.2) is 18.2 Å². The minimum Gasteiger partial charge on any atom is -0.493 e. The maximum absolute atomic E-state index is 12.1. The summed E-state index contributed by atoms with van der Waals surface area (Å²) >= 11 is 0. The van der Waals surface area contributed by atoms with Crippen LogP contribution in [0.4, 0.5) is 0 Å². The Kier molecular flexibility index (Phi) is 10.0. The Labute approximate surface area is 143 Å². The first-order valence-electron chi connectivity index (χ1n) is 7.21. The summed E-state index contributed by atoms with van der Waals surface area (Å²) in [5, 5.41) is 5.81. The minimum absolute atomic E-state index is 0. The van der Waals surface area contributed by atoms with Crippen molar-refractivity contribution in [2.75, 3.05) is 27.8 Å². The number of nitrogens with one attached hydrogen (secondary N) is 2. The highest BCUT2D eigenvalue weighted by Gasteiger charge is 2.13. The number of ether oxygens (including phenoxy) is 2. The molecular weight excluding hydrogens is 320 g/mol. The minimum atomic E-state index is -0.129. The molecule has 0 fully saturated rings. The van der Waals surface area contributed by atoms with Gasteiger partial charge in [0.2, 0.25) is 5.91 Å². The van der Waals surface area contributed by atoms with Crippen molar-refractivity contribution >= 4 is 24.1 Å². The maximum atomic E-state index is 12.1. The summed E-state index contributed by atoms with van der Waals surface area (Å²) in [6.07, 6.45) is 0.332. The number of methoxy groups -OCH3 is 2. The molecule has 0 bridgehead atoms. The van der Waals surface area contributed by atoms with Gasteiger partial charge in [0.25, 0.3) is 0 Å². The molecule has 0 aliphatic rings. The third-order valence-corrected chi connectivity index (χ3v) is 3.38. The van der Waals surface area contributed by atoms with Crippen molar-refractivity contribution in [1.29, 1.82) is 0 Å². The SMILES string of the molecule is CNC(C)CNC(=O)CCC(=O)c1ccc(OC)c(OC)c1.Cl. The number of Topliss-reactive ketones (excluding diaryl/α,β-unsaturated/α-hetero) is 1. The average Bonchev–Trinajstić information content (AvgIpc) is 2.56. The lowest BCUT2D eigenvalue weighted by Gasteiger charge is -2.11. The third-order valence-electron chi connectivity index (χ3n) is 3.38. The van der Waals surface area contributed by atoms with E-state index in [9.17, 15) is 9.59 Å². The summed E-state index contributed by atoms with van der Waals surface area (Å²) in [6, 6.07) is 5.18. The van der Waals surface area contributed by atoms with E-state index in [2.05, 4.69) is 10.6 Å². The zero-order chi connectivity index (χ0) is 16.5. The van der Waals surface area contributed by atoms with E-state index in [1.807, 2.05) is 14.0 Å². The molecule has 23 heavy (non-hydrogen) atoms. The van der Waals surface area contributed by atoms with Gasteiger partial charge in [-0.05, 0) is 32.2 Å². The van der Waals surface area contributed by atoms with E-state index in [0.29, 0.717) is 23.6 Å². The molecule has 1 atom stereocenters. The second-order valence-electron chi connectivity index (χ2n) is 4.99. The highest BCUT2D eigenvalue weighted by molar-refractivity contribution is 5.98. The van der Waals surface area contributed by atoms with Gasteiger partial charge in [0.15, 0.2) is 17.3 Å². The molecule has 0 aromatic heterocycles. The van der Waals surface area contributed by atoms with Gasteiger partial charge in [0.05, 0.1) is 14.2 Å². The number of ketones is 1.